The molecule has 19 heavy (non-hydrogen) atoms. The minimum Gasteiger partial charge on any atom is -0.329 e. The molecule has 6 heteroatoms. The van der Waals surface area contributed by atoms with Gasteiger partial charge in [0.05, 0.1) is 6.54 Å². The van der Waals surface area contributed by atoms with Crippen molar-refractivity contribution in [2.45, 2.75) is 32.2 Å². The van der Waals surface area contributed by atoms with Crippen LogP contribution < -0.4 is 10.6 Å². The van der Waals surface area contributed by atoms with E-state index in [4.69, 9.17) is 0 Å². The molecule has 6 nitrogen and oxygen atoms in total. The van der Waals surface area contributed by atoms with Gasteiger partial charge in [0.25, 0.3) is 0 Å². The van der Waals surface area contributed by atoms with Crippen molar-refractivity contribution < 1.29 is 9.59 Å². The van der Waals surface area contributed by atoms with E-state index in [9.17, 15) is 9.59 Å². The lowest BCUT2D eigenvalue weighted by atomic mass is 10.2. The lowest BCUT2D eigenvalue weighted by molar-refractivity contribution is -0.125. The van der Waals surface area contributed by atoms with Gasteiger partial charge < -0.3 is 15.5 Å². The SMILES string of the molecule is CCCN(CCN1C(=O)CNC1=O)CC1CCCN1. The zero-order valence-electron chi connectivity index (χ0n) is 11.7. The number of imide groups is 1. The summed E-state index contributed by atoms with van der Waals surface area (Å²) in [7, 11) is 0. The Morgan fingerprint density at radius 3 is 2.79 bits per heavy atom. The molecule has 108 valence electrons. The maximum Gasteiger partial charge on any atom is 0.324 e. The Bertz CT molecular complexity index is 313. The summed E-state index contributed by atoms with van der Waals surface area (Å²) in [4.78, 5) is 26.6. The Morgan fingerprint density at radius 1 is 1.37 bits per heavy atom. The second kappa shape index (κ2) is 6.86. The highest BCUT2D eigenvalue weighted by Gasteiger charge is 2.28. The number of nitrogens with zero attached hydrogens (tertiary/aromatic N) is 2. The molecule has 0 spiro atoms. The first kappa shape index (κ1) is 14.3. The number of amides is 3. The molecule has 0 aromatic heterocycles. The van der Waals surface area contributed by atoms with E-state index in [0.29, 0.717) is 12.6 Å². The molecule has 0 aromatic rings. The van der Waals surface area contributed by atoms with E-state index < -0.39 is 0 Å². The van der Waals surface area contributed by atoms with Crippen LogP contribution in [0.2, 0.25) is 0 Å². The van der Waals surface area contributed by atoms with Gasteiger partial charge in [-0.25, -0.2) is 4.79 Å². The fourth-order valence-corrected chi connectivity index (χ4v) is 2.76. The van der Waals surface area contributed by atoms with Gasteiger partial charge in [0.2, 0.25) is 5.91 Å². The predicted octanol–water partition coefficient (Wildman–Crippen LogP) is 0.00220. The topological polar surface area (TPSA) is 64.7 Å². The monoisotopic (exact) mass is 268 g/mol. The summed E-state index contributed by atoms with van der Waals surface area (Å²) in [5, 5.41) is 6.04. The van der Waals surface area contributed by atoms with Crippen LogP contribution in [0.15, 0.2) is 0 Å². The van der Waals surface area contributed by atoms with Crippen LogP contribution in [-0.4, -0.2) is 67.0 Å². The average Bonchev–Trinajstić information content (AvgIpc) is 2.99. The summed E-state index contributed by atoms with van der Waals surface area (Å²) in [6, 6.07) is 0.315. The maximum atomic E-state index is 11.5. The van der Waals surface area contributed by atoms with Gasteiger partial charge in [-0.05, 0) is 32.4 Å². The molecule has 2 aliphatic rings. The van der Waals surface area contributed by atoms with E-state index in [1.807, 2.05) is 0 Å². The third-order valence-electron chi connectivity index (χ3n) is 3.76. The molecule has 3 amide bonds. The molecule has 0 radical (unpaired) electrons. The number of urea groups is 1. The molecule has 0 aromatic carbocycles. The van der Waals surface area contributed by atoms with Crippen molar-refractivity contribution in [3.05, 3.63) is 0 Å². The summed E-state index contributed by atoms with van der Waals surface area (Å²) in [6.45, 7) is 6.71. The van der Waals surface area contributed by atoms with Gasteiger partial charge in [-0.2, -0.15) is 0 Å². The Morgan fingerprint density at radius 2 is 2.21 bits per heavy atom. The van der Waals surface area contributed by atoms with Crippen LogP contribution in [0.5, 0.6) is 0 Å². The van der Waals surface area contributed by atoms with Crippen LogP contribution in [0.25, 0.3) is 0 Å². The summed E-state index contributed by atoms with van der Waals surface area (Å²) in [6.07, 6.45) is 3.56. The van der Waals surface area contributed by atoms with E-state index in [-0.39, 0.29) is 18.5 Å². The largest absolute Gasteiger partial charge is 0.329 e. The highest BCUT2D eigenvalue weighted by atomic mass is 16.2. The smallest absolute Gasteiger partial charge is 0.324 e. The van der Waals surface area contributed by atoms with Crippen LogP contribution in [0.1, 0.15) is 26.2 Å². The zero-order valence-corrected chi connectivity index (χ0v) is 11.7. The van der Waals surface area contributed by atoms with Gasteiger partial charge in [0, 0.05) is 25.7 Å². The van der Waals surface area contributed by atoms with Gasteiger partial charge in [0.15, 0.2) is 0 Å². The van der Waals surface area contributed by atoms with Crippen molar-refractivity contribution in [2.75, 3.05) is 39.3 Å². The third kappa shape index (κ3) is 3.91. The lowest BCUT2D eigenvalue weighted by Gasteiger charge is -2.26. The number of rotatable bonds is 7. The van der Waals surface area contributed by atoms with E-state index in [1.54, 1.807) is 0 Å². The Kier molecular flexibility index (Phi) is 5.15. The van der Waals surface area contributed by atoms with Crippen molar-refractivity contribution in [3.8, 4) is 0 Å². The first-order chi connectivity index (χ1) is 9.20. The highest BCUT2D eigenvalue weighted by molar-refractivity contribution is 6.01. The molecule has 2 fully saturated rings. The molecule has 2 N–H and O–H groups in total. The van der Waals surface area contributed by atoms with Crippen molar-refractivity contribution in [1.29, 1.82) is 0 Å². The zero-order chi connectivity index (χ0) is 13.7. The maximum absolute atomic E-state index is 11.5. The number of carbonyl (C=O) groups is 2. The quantitative estimate of drug-likeness (QED) is 0.638. The number of hydrogen-bond acceptors (Lipinski definition) is 4. The van der Waals surface area contributed by atoms with Crippen molar-refractivity contribution in [2.24, 2.45) is 0 Å². The van der Waals surface area contributed by atoms with Gasteiger partial charge in [-0.15, -0.1) is 0 Å². The minimum atomic E-state index is -0.250. The Balaban J connectivity index is 1.78. The van der Waals surface area contributed by atoms with Crippen LogP contribution in [0.3, 0.4) is 0 Å². The highest BCUT2D eigenvalue weighted by Crippen LogP contribution is 2.08. The van der Waals surface area contributed by atoms with Crippen LogP contribution in [0.4, 0.5) is 4.79 Å². The summed E-state index contributed by atoms with van der Waals surface area (Å²) in [5.74, 6) is -0.111. The summed E-state index contributed by atoms with van der Waals surface area (Å²) in [5.41, 5.74) is 0. The summed E-state index contributed by atoms with van der Waals surface area (Å²) >= 11 is 0. The second-order valence-electron chi connectivity index (χ2n) is 5.30. The van der Waals surface area contributed by atoms with E-state index >= 15 is 0 Å². The molecule has 2 saturated heterocycles. The number of hydrogen-bond donors (Lipinski definition) is 2. The average molecular weight is 268 g/mol. The van der Waals surface area contributed by atoms with Crippen molar-refractivity contribution in [1.82, 2.24) is 20.4 Å². The second-order valence-corrected chi connectivity index (χ2v) is 5.30. The molecule has 1 atom stereocenters. The molecule has 0 bridgehead atoms. The minimum absolute atomic E-state index is 0.111. The molecule has 0 saturated carbocycles. The standard InChI is InChI=1S/C13H24N4O2/c1-2-6-16(10-11-4-3-5-14-11)7-8-17-12(18)9-15-13(17)19/h11,14H,2-10H2,1H3,(H,15,19). The predicted molar refractivity (Wildman–Crippen MR) is 72.9 cm³/mol. The number of nitrogens with one attached hydrogen (secondary N) is 2. The Labute approximate surface area is 114 Å². The fourth-order valence-electron chi connectivity index (χ4n) is 2.76. The molecule has 1 unspecified atom stereocenters. The molecule has 2 rings (SSSR count). The van der Waals surface area contributed by atoms with Crippen molar-refractivity contribution >= 4 is 11.9 Å². The first-order valence-electron chi connectivity index (χ1n) is 7.24. The number of carbonyl (C=O) groups excluding carboxylic acids is 2. The van der Waals surface area contributed by atoms with Gasteiger partial charge in [-0.1, -0.05) is 6.92 Å². The van der Waals surface area contributed by atoms with E-state index in [1.165, 1.54) is 17.7 Å². The Hall–Kier alpha value is -1.14. The molecule has 0 aliphatic carbocycles. The van der Waals surface area contributed by atoms with Gasteiger partial charge >= 0.3 is 6.03 Å². The van der Waals surface area contributed by atoms with Crippen LogP contribution in [0, 0.1) is 0 Å². The molecule has 2 aliphatic heterocycles. The fraction of sp³-hybridized carbons (Fsp3) is 0.846. The molecular weight excluding hydrogens is 244 g/mol. The molecular formula is C13H24N4O2. The van der Waals surface area contributed by atoms with E-state index in [2.05, 4.69) is 22.5 Å². The summed E-state index contributed by atoms with van der Waals surface area (Å²) < 4.78 is 0. The van der Waals surface area contributed by atoms with E-state index in [0.717, 1.165) is 32.6 Å². The van der Waals surface area contributed by atoms with Crippen molar-refractivity contribution in [3.63, 3.8) is 0 Å². The molecule has 2 heterocycles. The lowest BCUT2D eigenvalue weighted by Crippen LogP contribution is -2.43. The van der Waals surface area contributed by atoms with Crippen LogP contribution in [-0.2, 0) is 4.79 Å². The third-order valence-corrected chi connectivity index (χ3v) is 3.76. The first-order valence-corrected chi connectivity index (χ1v) is 7.24. The van der Waals surface area contributed by atoms with Gasteiger partial charge in [-0.3, -0.25) is 9.69 Å². The van der Waals surface area contributed by atoms with Gasteiger partial charge in [0.1, 0.15) is 0 Å². The van der Waals surface area contributed by atoms with Crippen LogP contribution >= 0.6 is 0 Å². The normalized spacial score (nSPS) is 23.5.